The van der Waals surface area contributed by atoms with Crippen molar-refractivity contribution in [2.75, 3.05) is 18.1 Å². The van der Waals surface area contributed by atoms with Gasteiger partial charge in [0.2, 0.25) is 0 Å². The Hall–Kier alpha value is -3.66. The lowest BCUT2D eigenvalue weighted by Gasteiger charge is -2.23. The van der Waals surface area contributed by atoms with E-state index in [1.54, 1.807) is 37.3 Å². The normalized spacial score (nSPS) is 16.4. The van der Waals surface area contributed by atoms with Crippen molar-refractivity contribution in [2.45, 2.75) is 26.3 Å². The minimum atomic E-state index is -1.11. The number of carbonyl (C=O) groups excluding carboxylic acids is 3. The van der Waals surface area contributed by atoms with Crippen LogP contribution in [0.3, 0.4) is 0 Å². The average Bonchev–Trinajstić information content (AvgIpc) is 3.43. The second kappa shape index (κ2) is 12.0. The third kappa shape index (κ3) is 5.71. The number of benzene rings is 2. The van der Waals surface area contributed by atoms with E-state index in [2.05, 4.69) is 11.6 Å². The van der Waals surface area contributed by atoms with Gasteiger partial charge in [0.1, 0.15) is 23.0 Å². The highest BCUT2D eigenvalue weighted by molar-refractivity contribution is 7.17. The van der Waals surface area contributed by atoms with E-state index in [-0.39, 0.29) is 37.8 Å². The predicted molar refractivity (Wildman–Crippen MR) is 151 cm³/mol. The Morgan fingerprint density at radius 2 is 1.97 bits per heavy atom. The second-order valence-corrected chi connectivity index (χ2v) is 10.3. The molecule has 1 amide bonds. The highest BCUT2D eigenvalue weighted by Gasteiger charge is 2.48. The molecule has 0 saturated carbocycles. The molecule has 0 aliphatic carbocycles. The molecule has 4 rings (SSSR count). The van der Waals surface area contributed by atoms with E-state index < -0.39 is 29.5 Å². The van der Waals surface area contributed by atoms with E-state index in [9.17, 15) is 19.5 Å². The number of aliphatic hydroxyl groups is 1. The van der Waals surface area contributed by atoms with Gasteiger partial charge in [-0.25, -0.2) is 9.78 Å². The number of amides is 1. The number of hydrogen-bond donors (Lipinski definition) is 1. The van der Waals surface area contributed by atoms with Crippen molar-refractivity contribution in [2.24, 2.45) is 0 Å². The number of nitrogens with zero attached hydrogens (tertiary/aromatic N) is 2. The second-order valence-electron chi connectivity index (χ2n) is 8.52. The van der Waals surface area contributed by atoms with Crippen LogP contribution in [-0.2, 0) is 14.3 Å². The maximum absolute atomic E-state index is 13.4. The van der Waals surface area contributed by atoms with E-state index in [1.807, 2.05) is 6.92 Å². The minimum absolute atomic E-state index is 0.000326. The number of anilines is 1. The molecule has 3 aromatic rings. The fourth-order valence-electron chi connectivity index (χ4n) is 4.01. The summed E-state index contributed by atoms with van der Waals surface area (Å²) in [6.45, 7) is 7.56. The van der Waals surface area contributed by atoms with E-state index >= 15 is 0 Å². The Morgan fingerprint density at radius 1 is 1.21 bits per heavy atom. The highest BCUT2D eigenvalue weighted by atomic mass is 35.5. The van der Waals surface area contributed by atoms with Gasteiger partial charge in [0.15, 0.2) is 5.13 Å². The summed E-state index contributed by atoms with van der Waals surface area (Å²) in [5.41, 5.74) is 0.845. The van der Waals surface area contributed by atoms with Crippen LogP contribution in [0.2, 0.25) is 10.0 Å². The van der Waals surface area contributed by atoms with Gasteiger partial charge in [0, 0.05) is 5.56 Å². The molecule has 1 aromatic heterocycles. The Balaban J connectivity index is 1.88. The molecule has 1 N–H and O–H groups in total. The number of rotatable bonds is 9. The number of hydrogen-bond acceptors (Lipinski definition) is 8. The number of aromatic nitrogens is 1. The molecule has 39 heavy (non-hydrogen) atoms. The zero-order valence-corrected chi connectivity index (χ0v) is 23.4. The van der Waals surface area contributed by atoms with Crippen LogP contribution < -0.4 is 9.64 Å². The van der Waals surface area contributed by atoms with Crippen LogP contribution in [0.25, 0.3) is 5.76 Å². The number of esters is 1. The van der Waals surface area contributed by atoms with E-state index in [1.165, 1.54) is 18.2 Å². The largest absolute Gasteiger partial charge is 0.507 e. The number of thiazole rings is 1. The molecule has 1 fully saturated rings. The smallest absolute Gasteiger partial charge is 0.350 e. The van der Waals surface area contributed by atoms with Crippen molar-refractivity contribution in [1.29, 1.82) is 0 Å². The van der Waals surface area contributed by atoms with Gasteiger partial charge in [-0.1, -0.05) is 72.3 Å². The molecule has 1 aliphatic rings. The lowest BCUT2D eigenvalue weighted by Crippen LogP contribution is -2.29. The maximum Gasteiger partial charge on any atom is 0.350 e. The first-order valence-electron chi connectivity index (χ1n) is 11.9. The third-order valence-electron chi connectivity index (χ3n) is 5.79. The Labute approximate surface area is 239 Å². The van der Waals surface area contributed by atoms with Gasteiger partial charge in [0.05, 0.1) is 34.0 Å². The van der Waals surface area contributed by atoms with Crippen LogP contribution >= 0.6 is 34.5 Å². The Kier molecular flexibility index (Phi) is 8.74. The molecule has 8 nitrogen and oxygen atoms in total. The molecular weight excluding hydrogens is 563 g/mol. The first-order chi connectivity index (χ1) is 18.7. The first-order valence-corrected chi connectivity index (χ1v) is 13.5. The lowest BCUT2D eigenvalue weighted by atomic mass is 9.95. The number of halogens is 2. The van der Waals surface area contributed by atoms with Crippen LogP contribution in [0.5, 0.6) is 5.75 Å². The van der Waals surface area contributed by atoms with Crippen molar-refractivity contribution in [3.8, 4) is 5.75 Å². The topological polar surface area (TPSA) is 106 Å². The summed E-state index contributed by atoms with van der Waals surface area (Å²) < 4.78 is 10.8. The molecule has 0 spiro atoms. The van der Waals surface area contributed by atoms with Gasteiger partial charge in [-0.05, 0) is 43.2 Å². The van der Waals surface area contributed by atoms with E-state index in [4.69, 9.17) is 32.7 Å². The van der Waals surface area contributed by atoms with Crippen molar-refractivity contribution in [3.05, 3.63) is 92.4 Å². The molecule has 2 aromatic carbocycles. The van der Waals surface area contributed by atoms with Gasteiger partial charge >= 0.3 is 11.9 Å². The van der Waals surface area contributed by atoms with Crippen LogP contribution in [0, 0.1) is 6.92 Å². The van der Waals surface area contributed by atoms with Gasteiger partial charge in [-0.2, -0.15) is 0 Å². The van der Waals surface area contributed by atoms with Crippen molar-refractivity contribution in [3.63, 3.8) is 0 Å². The van der Waals surface area contributed by atoms with Crippen LogP contribution in [0.1, 0.15) is 45.9 Å². The minimum Gasteiger partial charge on any atom is -0.507 e. The molecule has 0 bridgehead atoms. The molecular formula is C28H24Cl2N2O6S. The lowest BCUT2D eigenvalue weighted by molar-refractivity contribution is -0.132. The van der Waals surface area contributed by atoms with Crippen molar-refractivity contribution in [1.82, 2.24) is 4.98 Å². The van der Waals surface area contributed by atoms with Crippen molar-refractivity contribution < 1.29 is 29.0 Å². The van der Waals surface area contributed by atoms with E-state index in [0.29, 0.717) is 23.6 Å². The average molecular weight is 587 g/mol. The molecule has 11 heteroatoms. The molecule has 1 unspecified atom stereocenters. The Morgan fingerprint density at radius 3 is 2.67 bits per heavy atom. The number of aryl methyl sites for hydroxylation is 1. The van der Waals surface area contributed by atoms with Gasteiger partial charge in [-0.15, -0.1) is 0 Å². The molecule has 2 heterocycles. The fraction of sp³-hybridized carbons (Fsp3) is 0.214. The summed E-state index contributed by atoms with van der Waals surface area (Å²) in [7, 11) is 0. The predicted octanol–water partition coefficient (Wildman–Crippen LogP) is 6.52. The quantitative estimate of drug-likeness (QED) is 0.1000. The monoisotopic (exact) mass is 586 g/mol. The zero-order chi connectivity index (χ0) is 28.3. The summed E-state index contributed by atoms with van der Waals surface area (Å²) in [5.74, 6) is -2.38. The molecule has 0 radical (unpaired) electrons. The zero-order valence-electron chi connectivity index (χ0n) is 21.1. The third-order valence-corrected chi connectivity index (χ3v) is 7.67. The SMILES string of the molecule is C=CCOC(=O)c1sc(N2C(=O)C(=O)C(=C(O)c3cccc(OCCC)c3)C2c2ccc(Cl)c(Cl)c2)nc1C. The molecule has 202 valence electrons. The summed E-state index contributed by atoms with van der Waals surface area (Å²) in [6, 6.07) is 10.1. The van der Waals surface area contributed by atoms with Crippen LogP contribution in [-0.4, -0.2) is 41.0 Å². The summed E-state index contributed by atoms with van der Waals surface area (Å²) in [4.78, 5) is 45.1. The van der Waals surface area contributed by atoms with Crippen molar-refractivity contribution >= 4 is 63.1 Å². The molecule has 1 atom stereocenters. The Bertz CT molecular complexity index is 1500. The summed E-state index contributed by atoms with van der Waals surface area (Å²) >= 11 is 13.3. The molecule has 1 saturated heterocycles. The summed E-state index contributed by atoms with van der Waals surface area (Å²) in [5, 5.41) is 11.9. The van der Waals surface area contributed by atoms with Gasteiger partial charge < -0.3 is 14.6 Å². The van der Waals surface area contributed by atoms with E-state index in [0.717, 1.165) is 22.7 Å². The van der Waals surface area contributed by atoms with Crippen LogP contribution in [0.15, 0.2) is 60.7 Å². The molecule has 1 aliphatic heterocycles. The fourth-order valence-corrected chi connectivity index (χ4v) is 5.31. The number of carbonyl (C=O) groups is 3. The summed E-state index contributed by atoms with van der Waals surface area (Å²) in [6.07, 6.45) is 2.22. The number of ether oxygens (including phenoxy) is 2. The number of Topliss-reactive ketones (excluding diaryl/α,β-unsaturated/α-hetero) is 1. The van der Waals surface area contributed by atoms with Crippen LogP contribution in [0.4, 0.5) is 5.13 Å². The van der Waals surface area contributed by atoms with Gasteiger partial charge in [-0.3, -0.25) is 14.5 Å². The maximum atomic E-state index is 13.4. The van der Waals surface area contributed by atoms with Gasteiger partial charge in [0.25, 0.3) is 5.78 Å². The standard InChI is InChI=1S/C28H24Cl2N2O6S/c1-4-11-37-18-8-6-7-17(13-18)23(33)21-22(16-9-10-19(29)20(30)14-16)32(26(35)24(21)34)28-31-15(3)25(39-28)27(36)38-12-5-2/h5-10,13-14,22,33H,2,4,11-12H2,1,3H3. The highest BCUT2D eigenvalue weighted by Crippen LogP contribution is 2.45. The number of aliphatic hydroxyl groups excluding tert-OH is 1. The first kappa shape index (κ1) is 28.4. The number of ketones is 1.